The van der Waals surface area contributed by atoms with Crippen LogP contribution in [0.1, 0.15) is 32.3 Å². The van der Waals surface area contributed by atoms with Gasteiger partial charge in [-0.05, 0) is 36.8 Å². The zero-order chi connectivity index (χ0) is 11.5. The molecule has 1 aliphatic rings. The second-order valence-corrected chi connectivity index (χ2v) is 6.38. The Morgan fingerprint density at radius 1 is 1.31 bits per heavy atom. The van der Waals surface area contributed by atoms with E-state index in [0.29, 0.717) is 11.3 Å². The summed E-state index contributed by atoms with van der Waals surface area (Å²) in [5, 5.41) is 0.594. The second kappa shape index (κ2) is 5.24. The number of hydrogen-bond acceptors (Lipinski definition) is 2. The molecule has 0 saturated carbocycles. The van der Waals surface area contributed by atoms with Crippen molar-refractivity contribution in [2.24, 2.45) is 11.7 Å². The molecule has 0 spiro atoms. The van der Waals surface area contributed by atoms with Gasteiger partial charge in [0, 0.05) is 16.2 Å². The van der Waals surface area contributed by atoms with Crippen LogP contribution in [0.25, 0.3) is 0 Å². The van der Waals surface area contributed by atoms with E-state index in [1.165, 1.54) is 16.9 Å². The third kappa shape index (κ3) is 2.80. The number of nitrogens with two attached hydrogens (primary N) is 1. The van der Waals surface area contributed by atoms with E-state index in [0.717, 1.165) is 18.8 Å². The molecule has 1 heterocycles. The van der Waals surface area contributed by atoms with Gasteiger partial charge in [-0.3, -0.25) is 0 Å². The van der Waals surface area contributed by atoms with Crippen LogP contribution in [0.4, 0.5) is 0 Å². The molecule has 1 nitrogen and oxygen atoms in total. The molecule has 2 unspecified atom stereocenters. The molecule has 1 aliphatic heterocycles. The molecule has 0 aliphatic carbocycles. The molecule has 88 valence electrons. The first-order valence-corrected chi connectivity index (χ1v) is 7.05. The Hall–Kier alpha value is -0.470. The quantitative estimate of drug-likeness (QED) is 0.865. The van der Waals surface area contributed by atoms with Crippen LogP contribution in [0.5, 0.6) is 0 Å². The normalized spacial score (nSPS) is 21.1. The van der Waals surface area contributed by atoms with Crippen LogP contribution in [0.3, 0.4) is 0 Å². The lowest BCUT2D eigenvalue weighted by Crippen LogP contribution is -2.32. The summed E-state index contributed by atoms with van der Waals surface area (Å²) in [5.74, 6) is 0.764. The minimum absolute atomic E-state index is 0.347. The minimum atomic E-state index is 0.347. The lowest BCUT2D eigenvalue weighted by atomic mass is 9.98. The molecule has 0 saturated heterocycles. The summed E-state index contributed by atoms with van der Waals surface area (Å²) >= 11 is 1.97. The Kier molecular flexibility index (Phi) is 3.93. The van der Waals surface area contributed by atoms with Crippen LogP contribution in [0.15, 0.2) is 29.2 Å². The molecule has 1 aromatic rings. The molecular weight excluding hydrogens is 214 g/mol. The fourth-order valence-corrected chi connectivity index (χ4v) is 3.52. The molecule has 2 rings (SSSR count). The summed E-state index contributed by atoms with van der Waals surface area (Å²) in [6.07, 6.45) is 3.55. The maximum Gasteiger partial charge on any atom is 0.0287 e. The molecule has 2 atom stereocenters. The van der Waals surface area contributed by atoms with E-state index in [4.69, 9.17) is 5.73 Å². The van der Waals surface area contributed by atoms with Crippen molar-refractivity contribution in [1.82, 2.24) is 0 Å². The van der Waals surface area contributed by atoms with Gasteiger partial charge in [-0.1, -0.05) is 32.0 Å². The first-order valence-electron chi connectivity index (χ1n) is 6.17. The fraction of sp³-hybridized carbons (Fsp3) is 0.571. The highest BCUT2D eigenvalue weighted by atomic mass is 32.2. The van der Waals surface area contributed by atoms with E-state index < -0.39 is 0 Å². The van der Waals surface area contributed by atoms with Crippen molar-refractivity contribution >= 4 is 11.8 Å². The first kappa shape index (κ1) is 12.0. The van der Waals surface area contributed by atoms with Crippen LogP contribution in [-0.4, -0.2) is 11.3 Å². The van der Waals surface area contributed by atoms with E-state index in [1.54, 1.807) is 0 Å². The number of hydrogen-bond donors (Lipinski definition) is 1. The van der Waals surface area contributed by atoms with Gasteiger partial charge in [0.2, 0.25) is 0 Å². The van der Waals surface area contributed by atoms with Crippen LogP contribution >= 0.6 is 11.8 Å². The second-order valence-electron chi connectivity index (χ2n) is 5.10. The van der Waals surface area contributed by atoms with E-state index in [-0.39, 0.29) is 0 Å². The Labute approximate surface area is 103 Å². The largest absolute Gasteiger partial charge is 0.327 e. The molecular formula is C14H21NS. The highest BCUT2D eigenvalue weighted by Crippen LogP contribution is 2.38. The molecule has 2 N–H and O–H groups in total. The maximum absolute atomic E-state index is 6.29. The van der Waals surface area contributed by atoms with Crippen molar-refractivity contribution in [2.45, 2.75) is 49.3 Å². The van der Waals surface area contributed by atoms with Gasteiger partial charge in [0.05, 0.1) is 0 Å². The average Bonchev–Trinajstić information content (AvgIpc) is 2.69. The van der Waals surface area contributed by atoms with Crippen LogP contribution in [0, 0.1) is 5.92 Å². The summed E-state index contributed by atoms with van der Waals surface area (Å²) in [6, 6.07) is 9.04. The van der Waals surface area contributed by atoms with E-state index >= 15 is 0 Å². The monoisotopic (exact) mass is 235 g/mol. The molecule has 16 heavy (non-hydrogen) atoms. The molecule has 2 heteroatoms. The third-order valence-corrected chi connectivity index (χ3v) is 4.70. The predicted octanol–water partition coefficient (Wildman–Crippen LogP) is 3.47. The smallest absolute Gasteiger partial charge is 0.0287 e. The summed E-state index contributed by atoms with van der Waals surface area (Å²) < 4.78 is 0. The van der Waals surface area contributed by atoms with Crippen LogP contribution < -0.4 is 5.73 Å². The Bertz CT molecular complexity index is 323. The standard InChI is InChI=1S/C14H21NS/c1-10(2)7-8-12(15)14-9-11-5-3-4-6-13(11)16-14/h3-6,10,12,14H,7-9,15H2,1-2H3. The van der Waals surface area contributed by atoms with Gasteiger partial charge in [-0.2, -0.15) is 0 Å². The number of thioether (sulfide) groups is 1. The molecule has 0 radical (unpaired) electrons. The molecule has 1 aromatic carbocycles. The fourth-order valence-electron chi connectivity index (χ4n) is 2.16. The molecule has 0 bridgehead atoms. The lowest BCUT2D eigenvalue weighted by molar-refractivity contribution is 0.487. The van der Waals surface area contributed by atoms with E-state index in [1.807, 2.05) is 11.8 Å². The first-order chi connectivity index (χ1) is 7.66. The van der Waals surface area contributed by atoms with Crippen LogP contribution in [0.2, 0.25) is 0 Å². The zero-order valence-corrected chi connectivity index (χ0v) is 11.0. The Morgan fingerprint density at radius 2 is 2.06 bits per heavy atom. The Balaban J connectivity index is 1.90. The molecule has 0 aromatic heterocycles. The minimum Gasteiger partial charge on any atom is -0.327 e. The lowest BCUT2D eigenvalue weighted by Gasteiger charge is -2.18. The van der Waals surface area contributed by atoms with Crippen molar-refractivity contribution in [3.63, 3.8) is 0 Å². The zero-order valence-electron chi connectivity index (χ0n) is 10.1. The van der Waals surface area contributed by atoms with Crippen LogP contribution in [-0.2, 0) is 6.42 Å². The number of rotatable bonds is 4. The SMILES string of the molecule is CC(C)CCC(N)C1Cc2ccccc2S1. The highest BCUT2D eigenvalue weighted by molar-refractivity contribution is 8.00. The van der Waals surface area contributed by atoms with Crippen molar-refractivity contribution in [1.29, 1.82) is 0 Å². The van der Waals surface area contributed by atoms with Crippen molar-refractivity contribution in [3.05, 3.63) is 29.8 Å². The number of fused-ring (bicyclic) bond motifs is 1. The third-order valence-electron chi connectivity index (χ3n) is 3.23. The van der Waals surface area contributed by atoms with Gasteiger partial charge < -0.3 is 5.73 Å². The molecule has 0 fully saturated rings. The van der Waals surface area contributed by atoms with Gasteiger partial charge in [-0.25, -0.2) is 0 Å². The van der Waals surface area contributed by atoms with Crippen molar-refractivity contribution in [3.8, 4) is 0 Å². The Morgan fingerprint density at radius 3 is 2.75 bits per heavy atom. The van der Waals surface area contributed by atoms with Gasteiger partial charge in [0.25, 0.3) is 0 Å². The van der Waals surface area contributed by atoms with Crippen molar-refractivity contribution in [2.75, 3.05) is 0 Å². The van der Waals surface area contributed by atoms with Gasteiger partial charge in [0.1, 0.15) is 0 Å². The summed E-state index contributed by atoms with van der Waals surface area (Å²) in [5.41, 5.74) is 7.77. The average molecular weight is 235 g/mol. The summed E-state index contributed by atoms with van der Waals surface area (Å²) in [4.78, 5) is 1.44. The molecule has 0 amide bonds. The van der Waals surface area contributed by atoms with E-state index in [9.17, 15) is 0 Å². The van der Waals surface area contributed by atoms with Gasteiger partial charge in [0.15, 0.2) is 0 Å². The van der Waals surface area contributed by atoms with Gasteiger partial charge in [-0.15, -0.1) is 11.8 Å². The van der Waals surface area contributed by atoms with Gasteiger partial charge >= 0.3 is 0 Å². The summed E-state index contributed by atoms with van der Waals surface area (Å²) in [6.45, 7) is 4.53. The predicted molar refractivity (Wildman–Crippen MR) is 71.8 cm³/mol. The van der Waals surface area contributed by atoms with Crippen molar-refractivity contribution < 1.29 is 0 Å². The topological polar surface area (TPSA) is 26.0 Å². The maximum atomic E-state index is 6.29. The summed E-state index contributed by atoms with van der Waals surface area (Å²) in [7, 11) is 0. The highest BCUT2D eigenvalue weighted by Gasteiger charge is 2.26. The number of benzene rings is 1. The van der Waals surface area contributed by atoms with E-state index in [2.05, 4.69) is 38.1 Å².